The number of aromatic nitrogens is 2. The molecule has 20 heavy (non-hydrogen) atoms. The van der Waals surface area contributed by atoms with Gasteiger partial charge in [0.2, 0.25) is 0 Å². The molecule has 4 nitrogen and oxygen atoms in total. The molecule has 1 aromatic carbocycles. The number of thiazole rings is 1. The maximum absolute atomic E-state index is 11.1. The molecule has 3 aromatic rings. The normalized spacial score (nSPS) is 10.9. The predicted molar refractivity (Wildman–Crippen MR) is 81.7 cm³/mol. The fraction of sp³-hybridized carbons (Fsp3) is 0.143. The number of carbonyl (C=O) groups is 1. The van der Waals surface area contributed by atoms with Crippen LogP contribution in [0.25, 0.3) is 4.96 Å². The molecule has 0 saturated carbocycles. The standard InChI is InChI=1S/C14H11BrN2O2S/c1-9-4-11(15)5-10(7-18)13(9)19-8-12-6-17-2-3-20-14(17)16-12/h2-7H,8H2,1H3. The molecule has 0 aliphatic rings. The van der Waals surface area contributed by atoms with Crippen LogP contribution in [-0.4, -0.2) is 15.7 Å². The van der Waals surface area contributed by atoms with Crippen LogP contribution in [0.4, 0.5) is 0 Å². The summed E-state index contributed by atoms with van der Waals surface area (Å²) in [5.74, 6) is 0.611. The molecule has 102 valence electrons. The molecule has 0 aliphatic carbocycles. The summed E-state index contributed by atoms with van der Waals surface area (Å²) in [6, 6.07) is 3.68. The zero-order chi connectivity index (χ0) is 14.1. The number of hydrogen-bond acceptors (Lipinski definition) is 4. The van der Waals surface area contributed by atoms with Crippen molar-refractivity contribution < 1.29 is 9.53 Å². The van der Waals surface area contributed by atoms with Crippen LogP contribution in [-0.2, 0) is 6.61 Å². The van der Waals surface area contributed by atoms with Crippen molar-refractivity contribution in [1.29, 1.82) is 0 Å². The molecular weight excluding hydrogens is 340 g/mol. The summed E-state index contributed by atoms with van der Waals surface area (Å²) in [5, 5.41) is 1.98. The van der Waals surface area contributed by atoms with E-state index in [9.17, 15) is 4.79 Å². The first-order valence-corrected chi connectivity index (χ1v) is 7.64. The molecule has 0 bridgehead atoms. The van der Waals surface area contributed by atoms with Gasteiger partial charge >= 0.3 is 0 Å². The maximum Gasteiger partial charge on any atom is 0.193 e. The molecule has 0 atom stereocenters. The van der Waals surface area contributed by atoms with Crippen molar-refractivity contribution in [3.05, 3.63) is 51.2 Å². The second-order valence-electron chi connectivity index (χ2n) is 4.37. The van der Waals surface area contributed by atoms with Crippen LogP contribution < -0.4 is 4.74 Å². The first-order chi connectivity index (χ1) is 9.67. The number of imidazole rings is 1. The first-order valence-electron chi connectivity index (χ1n) is 5.96. The third-order valence-electron chi connectivity index (χ3n) is 2.90. The summed E-state index contributed by atoms with van der Waals surface area (Å²) in [4.78, 5) is 16.5. The first kappa shape index (κ1) is 13.3. The van der Waals surface area contributed by atoms with Crippen molar-refractivity contribution >= 4 is 38.5 Å². The highest BCUT2D eigenvalue weighted by atomic mass is 79.9. The van der Waals surface area contributed by atoms with Gasteiger partial charge in [0.15, 0.2) is 11.2 Å². The third-order valence-corrected chi connectivity index (χ3v) is 4.13. The lowest BCUT2D eigenvalue weighted by atomic mass is 10.1. The van der Waals surface area contributed by atoms with Crippen molar-refractivity contribution in [3.63, 3.8) is 0 Å². The molecule has 0 N–H and O–H groups in total. The smallest absolute Gasteiger partial charge is 0.193 e. The summed E-state index contributed by atoms with van der Waals surface area (Å²) >= 11 is 4.95. The van der Waals surface area contributed by atoms with Crippen LogP contribution >= 0.6 is 27.3 Å². The van der Waals surface area contributed by atoms with Gasteiger partial charge in [-0.3, -0.25) is 9.20 Å². The van der Waals surface area contributed by atoms with E-state index in [4.69, 9.17) is 4.74 Å². The molecular formula is C14H11BrN2O2S. The van der Waals surface area contributed by atoms with Gasteiger partial charge in [-0.15, -0.1) is 11.3 Å². The lowest BCUT2D eigenvalue weighted by molar-refractivity contribution is 0.111. The molecule has 3 rings (SSSR count). The number of carbonyl (C=O) groups excluding carboxylic acids is 1. The lowest BCUT2D eigenvalue weighted by Gasteiger charge is -2.10. The summed E-state index contributed by atoms with van der Waals surface area (Å²) in [5.41, 5.74) is 2.30. The summed E-state index contributed by atoms with van der Waals surface area (Å²) in [6.45, 7) is 2.26. The second-order valence-corrected chi connectivity index (χ2v) is 6.16. The van der Waals surface area contributed by atoms with Gasteiger partial charge in [0.1, 0.15) is 12.4 Å². The van der Waals surface area contributed by atoms with Gasteiger partial charge in [-0.2, -0.15) is 0 Å². The third kappa shape index (κ3) is 2.48. The van der Waals surface area contributed by atoms with E-state index in [1.165, 1.54) is 0 Å². The van der Waals surface area contributed by atoms with E-state index in [1.807, 2.05) is 35.2 Å². The molecule has 0 aliphatic heterocycles. The fourth-order valence-electron chi connectivity index (χ4n) is 2.03. The van der Waals surface area contributed by atoms with E-state index in [0.717, 1.165) is 27.0 Å². The second kappa shape index (κ2) is 5.38. The minimum atomic E-state index is 0.345. The Balaban J connectivity index is 1.84. The van der Waals surface area contributed by atoms with E-state index in [1.54, 1.807) is 17.4 Å². The van der Waals surface area contributed by atoms with E-state index in [2.05, 4.69) is 20.9 Å². The van der Waals surface area contributed by atoms with Crippen molar-refractivity contribution in [2.45, 2.75) is 13.5 Å². The molecule has 2 aromatic heterocycles. The monoisotopic (exact) mass is 350 g/mol. The Morgan fingerprint density at radius 2 is 2.35 bits per heavy atom. The van der Waals surface area contributed by atoms with Crippen LogP contribution in [0.1, 0.15) is 21.6 Å². The van der Waals surface area contributed by atoms with Gasteiger partial charge in [-0.1, -0.05) is 15.9 Å². The zero-order valence-electron chi connectivity index (χ0n) is 10.7. The van der Waals surface area contributed by atoms with Crippen LogP contribution in [0.5, 0.6) is 5.75 Å². The number of benzene rings is 1. The Morgan fingerprint density at radius 3 is 3.10 bits per heavy atom. The number of halogens is 1. The highest BCUT2D eigenvalue weighted by molar-refractivity contribution is 9.10. The van der Waals surface area contributed by atoms with Gasteiger partial charge in [-0.25, -0.2) is 4.98 Å². The van der Waals surface area contributed by atoms with E-state index in [0.29, 0.717) is 17.9 Å². The zero-order valence-corrected chi connectivity index (χ0v) is 13.1. The van der Waals surface area contributed by atoms with Crippen molar-refractivity contribution in [3.8, 4) is 5.75 Å². The molecule has 0 amide bonds. The number of fused-ring (bicyclic) bond motifs is 1. The Bertz CT molecular complexity index is 750. The Kier molecular flexibility index (Phi) is 3.58. The minimum absolute atomic E-state index is 0.345. The quantitative estimate of drug-likeness (QED) is 0.671. The van der Waals surface area contributed by atoms with Crippen LogP contribution in [0.15, 0.2) is 34.4 Å². The SMILES string of the molecule is Cc1cc(Br)cc(C=O)c1OCc1cn2ccsc2n1. The number of nitrogens with zero attached hydrogens (tertiary/aromatic N) is 2. The van der Waals surface area contributed by atoms with E-state index >= 15 is 0 Å². The number of hydrogen-bond donors (Lipinski definition) is 0. The van der Waals surface area contributed by atoms with Gasteiger partial charge in [0.05, 0.1) is 11.3 Å². The highest BCUT2D eigenvalue weighted by Gasteiger charge is 2.10. The van der Waals surface area contributed by atoms with Crippen molar-refractivity contribution in [2.75, 3.05) is 0 Å². The van der Waals surface area contributed by atoms with Crippen LogP contribution in [0.2, 0.25) is 0 Å². The molecule has 0 saturated heterocycles. The summed E-state index contributed by atoms with van der Waals surface area (Å²) in [6.07, 6.45) is 4.69. The number of aryl methyl sites for hydroxylation is 1. The summed E-state index contributed by atoms with van der Waals surface area (Å²) in [7, 11) is 0. The lowest BCUT2D eigenvalue weighted by Crippen LogP contribution is -2.00. The molecule has 0 spiro atoms. The van der Waals surface area contributed by atoms with Gasteiger partial charge in [0.25, 0.3) is 0 Å². The minimum Gasteiger partial charge on any atom is -0.486 e. The topological polar surface area (TPSA) is 43.6 Å². The Labute approximate surface area is 128 Å². The van der Waals surface area contributed by atoms with E-state index < -0.39 is 0 Å². The number of rotatable bonds is 4. The predicted octanol–water partition coefficient (Wildman–Crippen LogP) is 3.86. The summed E-state index contributed by atoms with van der Waals surface area (Å²) < 4.78 is 8.60. The number of aldehydes is 1. The van der Waals surface area contributed by atoms with Crippen LogP contribution in [0, 0.1) is 6.92 Å². The van der Waals surface area contributed by atoms with Crippen molar-refractivity contribution in [2.24, 2.45) is 0 Å². The van der Waals surface area contributed by atoms with Crippen molar-refractivity contribution in [1.82, 2.24) is 9.38 Å². The Morgan fingerprint density at radius 1 is 1.50 bits per heavy atom. The molecule has 2 heterocycles. The fourth-order valence-corrected chi connectivity index (χ4v) is 3.34. The van der Waals surface area contributed by atoms with Gasteiger partial charge < -0.3 is 4.74 Å². The molecule has 0 unspecified atom stereocenters. The van der Waals surface area contributed by atoms with Gasteiger partial charge in [-0.05, 0) is 24.6 Å². The number of ether oxygens (including phenoxy) is 1. The molecule has 0 radical (unpaired) electrons. The highest BCUT2D eigenvalue weighted by Crippen LogP contribution is 2.27. The maximum atomic E-state index is 11.1. The average molecular weight is 351 g/mol. The Hall–Kier alpha value is -1.66. The average Bonchev–Trinajstić information content (AvgIpc) is 2.97. The molecule has 0 fully saturated rings. The van der Waals surface area contributed by atoms with Crippen LogP contribution in [0.3, 0.4) is 0 Å². The van der Waals surface area contributed by atoms with E-state index in [-0.39, 0.29) is 0 Å². The van der Waals surface area contributed by atoms with Gasteiger partial charge in [0, 0.05) is 22.2 Å². The molecule has 6 heteroatoms. The largest absolute Gasteiger partial charge is 0.486 e.